The Hall–Kier alpha value is -3.10. The number of esters is 1. The van der Waals surface area contributed by atoms with Crippen LogP contribution in [0.4, 0.5) is 4.39 Å². The van der Waals surface area contributed by atoms with Gasteiger partial charge in [-0.25, -0.2) is 14.2 Å². The van der Waals surface area contributed by atoms with Crippen molar-refractivity contribution in [2.75, 3.05) is 6.61 Å². The molecule has 0 radical (unpaired) electrons. The molecule has 0 aliphatic rings. The topological polar surface area (TPSA) is 91.9 Å². The van der Waals surface area contributed by atoms with Gasteiger partial charge in [0.15, 0.2) is 11.2 Å². The van der Waals surface area contributed by atoms with Gasteiger partial charge in [-0.2, -0.15) is 4.68 Å². The van der Waals surface area contributed by atoms with E-state index in [0.29, 0.717) is 12.1 Å². The second-order valence-corrected chi connectivity index (χ2v) is 5.29. The van der Waals surface area contributed by atoms with E-state index in [1.165, 1.54) is 33.8 Å². The minimum Gasteiger partial charge on any atom is -0.464 e. The molecule has 1 atom stereocenters. The van der Waals surface area contributed by atoms with Crippen LogP contribution in [-0.4, -0.2) is 37.1 Å². The number of aromatic nitrogens is 5. The number of carbonyl (C=O) groups is 1. The maximum absolute atomic E-state index is 13.4. The highest BCUT2D eigenvalue weighted by Gasteiger charge is 2.23. The third-order valence-electron chi connectivity index (χ3n) is 3.72. The summed E-state index contributed by atoms with van der Waals surface area (Å²) in [5, 5.41) is 7.73. The molecule has 2 heterocycles. The fourth-order valence-electron chi connectivity index (χ4n) is 2.54. The van der Waals surface area contributed by atoms with Crippen LogP contribution in [0.2, 0.25) is 0 Å². The van der Waals surface area contributed by atoms with Gasteiger partial charge in [0.1, 0.15) is 18.2 Å². The van der Waals surface area contributed by atoms with Gasteiger partial charge in [-0.3, -0.25) is 9.36 Å². The predicted octanol–water partition coefficient (Wildman–Crippen LogP) is 1.63. The van der Waals surface area contributed by atoms with Gasteiger partial charge in [0.25, 0.3) is 5.56 Å². The van der Waals surface area contributed by atoms with Crippen LogP contribution >= 0.6 is 0 Å². The molecular weight excluding hydrogens is 329 g/mol. The molecule has 2 aromatic heterocycles. The molecule has 25 heavy (non-hydrogen) atoms. The van der Waals surface area contributed by atoms with Crippen LogP contribution in [0.25, 0.3) is 16.9 Å². The molecule has 0 saturated heterocycles. The Morgan fingerprint density at radius 1 is 1.36 bits per heavy atom. The molecule has 0 aliphatic heterocycles. The standard InChI is InChI=1S/C16H16FN5O3/c1-3-12(16(24)25-4-2)21-9-18-14-13(15(21)23)19-20-22(14)11-7-5-6-10(17)8-11/h5-9,12H,3-4H2,1-2H3/t12-/m0/s1. The Bertz CT molecular complexity index is 981. The molecule has 0 spiro atoms. The van der Waals surface area contributed by atoms with Crippen molar-refractivity contribution in [2.45, 2.75) is 26.3 Å². The van der Waals surface area contributed by atoms with Crippen LogP contribution in [0.3, 0.4) is 0 Å². The van der Waals surface area contributed by atoms with Crippen LogP contribution in [0.5, 0.6) is 0 Å². The van der Waals surface area contributed by atoms with Crippen LogP contribution < -0.4 is 5.56 Å². The van der Waals surface area contributed by atoms with E-state index in [-0.39, 0.29) is 17.8 Å². The number of fused-ring (bicyclic) bond motifs is 1. The Morgan fingerprint density at radius 3 is 2.84 bits per heavy atom. The number of nitrogens with zero attached hydrogens (tertiary/aromatic N) is 5. The minimum absolute atomic E-state index is 0.00508. The highest BCUT2D eigenvalue weighted by Crippen LogP contribution is 2.15. The molecule has 3 aromatic rings. The largest absolute Gasteiger partial charge is 0.464 e. The molecule has 0 amide bonds. The van der Waals surface area contributed by atoms with Crippen molar-refractivity contribution in [2.24, 2.45) is 0 Å². The summed E-state index contributed by atoms with van der Waals surface area (Å²) < 4.78 is 20.9. The van der Waals surface area contributed by atoms with Gasteiger partial charge in [0.2, 0.25) is 0 Å². The van der Waals surface area contributed by atoms with Crippen molar-refractivity contribution in [3.63, 3.8) is 0 Å². The molecule has 0 N–H and O–H groups in total. The van der Waals surface area contributed by atoms with Crippen molar-refractivity contribution in [3.8, 4) is 5.69 Å². The lowest BCUT2D eigenvalue weighted by Gasteiger charge is -2.15. The lowest BCUT2D eigenvalue weighted by molar-refractivity contribution is -0.147. The van der Waals surface area contributed by atoms with Crippen molar-refractivity contribution in [1.82, 2.24) is 24.5 Å². The molecule has 3 rings (SSSR count). The van der Waals surface area contributed by atoms with Crippen LogP contribution in [-0.2, 0) is 9.53 Å². The van der Waals surface area contributed by atoms with Crippen LogP contribution in [0.15, 0.2) is 35.4 Å². The maximum Gasteiger partial charge on any atom is 0.329 e. The molecule has 8 nitrogen and oxygen atoms in total. The van der Waals surface area contributed by atoms with Gasteiger partial charge in [-0.1, -0.05) is 18.2 Å². The average molecular weight is 345 g/mol. The highest BCUT2D eigenvalue weighted by molar-refractivity contribution is 5.75. The fourth-order valence-corrected chi connectivity index (χ4v) is 2.54. The van der Waals surface area contributed by atoms with Crippen molar-refractivity contribution in [1.29, 1.82) is 0 Å². The van der Waals surface area contributed by atoms with Gasteiger partial charge in [0, 0.05) is 0 Å². The molecule has 9 heteroatoms. The van der Waals surface area contributed by atoms with Gasteiger partial charge < -0.3 is 4.74 Å². The van der Waals surface area contributed by atoms with E-state index in [1.54, 1.807) is 19.9 Å². The average Bonchev–Trinajstić information content (AvgIpc) is 3.02. The highest BCUT2D eigenvalue weighted by atomic mass is 19.1. The molecular formula is C16H16FN5O3. The van der Waals surface area contributed by atoms with Gasteiger partial charge in [0.05, 0.1) is 12.3 Å². The number of benzene rings is 1. The maximum atomic E-state index is 13.4. The summed E-state index contributed by atoms with van der Waals surface area (Å²) >= 11 is 0. The quantitative estimate of drug-likeness (QED) is 0.653. The van der Waals surface area contributed by atoms with Gasteiger partial charge >= 0.3 is 5.97 Å². The van der Waals surface area contributed by atoms with Crippen molar-refractivity contribution >= 4 is 17.1 Å². The Balaban J connectivity index is 2.11. The third-order valence-corrected chi connectivity index (χ3v) is 3.72. The summed E-state index contributed by atoms with van der Waals surface area (Å²) in [4.78, 5) is 28.9. The first-order valence-electron chi connectivity index (χ1n) is 7.82. The van der Waals surface area contributed by atoms with E-state index in [4.69, 9.17) is 4.74 Å². The zero-order chi connectivity index (χ0) is 18.0. The van der Waals surface area contributed by atoms with E-state index in [9.17, 15) is 14.0 Å². The summed E-state index contributed by atoms with van der Waals surface area (Å²) in [6.45, 7) is 3.68. The van der Waals surface area contributed by atoms with Crippen molar-refractivity contribution in [3.05, 3.63) is 46.8 Å². The summed E-state index contributed by atoms with van der Waals surface area (Å²) in [5.41, 5.74) is 0.0669. The first kappa shape index (κ1) is 16.7. The zero-order valence-electron chi connectivity index (χ0n) is 13.7. The van der Waals surface area contributed by atoms with E-state index in [2.05, 4.69) is 15.3 Å². The molecule has 0 bridgehead atoms. The Morgan fingerprint density at radius 2 is 2.16 bits per heavy atom. The van der Waals surface area contributed by atoms with E-state index in [1.807, 2.05) is 0 Å². The molecule has 0 fully saturated rings. The van der Waals surface area contributed by atoms with E-state index >= 15 is 0 Å². The minimum atomic E-state index is -0.788. The smallest absolute Gasteiger partial charge is 0.329 e. The normalized spacial score (nSPS) is 12.3. The summed E-state index contributed by atoms with van der Waals surface area (Å²) in [5.74, 6) is -0.950. The monoisotopic (exact) mass is 345 g/mol. The van der Waals surface area contributed by atoms with Gasteiger partial charge in [-0.05, 0) is 31.5 Å². The summed E-state index contributed by atoms with van der Waals surface area (Å²) in [7, 11) is 0. The Labute approximate surface area is 141 Å². The molecule has 0 saturated carbocycles. The SMILES string of the molecule is CCOC(=O)[C@H](CC)n1cnc2c(nnn2-c2cccc(F)c2)c1=O. The van der Waals surface area contributed by atoms with E-state index < -0.39 is 23.4 Å². The number of ether oxygens (including phenoxy) is 1. The Kier molecular flexibility index (Phi) is 4.55. The first-order chi connectivity index (χ1) is 12.1. The molecule has 1 aromatic carbocycles. The second kappa shape index (κ2) is 6.80. The first-order valence-corrected chi connectivity index (χ1v) is 7.82. The molecule has 0 aliphatic carbocycles. The molecule has 0 unspecified atom stereocenters. The lowest BCUT2D eigenvalue weighted by atomic mass is 10.2. The zero-order valence-corrected chi connectivity index (χ0v) is 13.7. The fraction of sp³-hybridized carbons (Fsp3) is 0.312. The second-order valence-electron chi connectivity index (χ2n) is 5.29. The van der Waals surface area contributed by atoms with Gasteiger partial charge in [-0.15, -0.1) is 5.10 Å². The third kappa shape index (κ3) is 3.00. The lowest BCUT2D eigenvalue weighted by Crippen LogP contribution is -2.31. The number of carbonyl (C=O) groups excluding carboxylic acids is 1. The van der Waals surface area contributed by atoms with Crippen LogP contribution in [0, 0.1) is 5.82 Å². The predicted molar refractivity (Wildman–Crippen MR) is 86.8 cm³/mol. The summed E-state index contributed by atoms with van der Waals surface area (Å²) in [6.07, 6.45) is 1.62. The number of rotatable bonds is 5. The summed E-state index contributed by atoms with van der Waals surface area (Å²) in [6, 6.07) is 4.91. The van der Waals surface area contributed by atoms with Crippen LogP contribution in [0.1, 0.15) is 26.3 Å². The molecule has 130 valence electrons. The van der Waals surface area contributed by atoms with E-state index in [0.717, 1.165) is 0 Å². The number of halogens is 1. The van der Waals surface area contributed by atoms with Crippen molar-refractivity contribution < 1.29 is 13.9 Å². The number of hydrogen-bond acceptors (Lipinski definition) is 6. The number of hydrogen-bond donors (Lipinski definition) is 0.